The van der Waals surface area contributed by atoms with E-state index in [-0.39, 0.29) is 11.6 Å². The molecule has 2 aromatic rings. The Balaban J connectivity index is 2.29. The smallest absolute Gasteiger partial charge is 0.168 e. The quantitative estimate of drug-likeness (QED) is 0.736. The highest BCUT2D eigenvalue weighted by atomic mass is 19.1. The van der Waals surface area contributed by atoms with Crippen molar-refractivity contribution in [1.29, 1.82) is 0 Å². The van der Waals surface area contributed by atoms with Crippen molar-refractivity contribution in [2.45, 2.75) is 20.8 Å². The number of hydrogen-bond donors (Lipinski definition) is 0. The molecule has 2 rings (SSSR count). The largest absolute Gasteiger partial charge is 0.488 e. The highest BCUT2D eigenvalue weighted by Gasteiger charge is 2.15. The van der Waals surface area contributed by atoms with Gasteiger partial charge in [-0.1, -0.05) is 24.3 Å². The molecule has 0 aliphatic heterocycles. The fourth-order valence-corrected chi connectivity index (χ4v) is 2.35. The van der Waals surface area contributed by atoms with Crippen LogP contribution in [0.15, 0.2) is 30.3 Å². The summed E-state index contributed by atoms with van der Waals surface area (Å²) >= 11 is 0. The fourth-order valence-electron chi connectivity index (χ4n) is 2.35. The first-order valence-corrected chi connectivity index (χ1v) is 7.12. The van der Waals surface area contributed by atoms with Crippen molar-refractivity contribution in [1.82, 2.24) is 0 Å². The van der Waals surface area contributed by atoms with Crippen molar-refractivity contribution in [3.63, 3.8) is 0 Å². The first kappa shape index (κ1) is 15.5. The van der Waals surface area contributed by atoms with E-state index >= 15 is 0 Å². The van der Waals surface area contributed by atoms with E-state index in [0.717, 1.165) is 16.7 Å². The van der Waals surface area contributed by atoms with Crippen molar-refractivity contribution in [2.24, 2.45) is 0 Å². The Morgan fingerprint density at radius 3 is 2.67 bits per heavy atom. The molecule has 1 radical (unpaired) electrons. The molecule has 21 heavy (non-hydrogen) atoms. The lowest BCUT2D eigenvalue weighted by molar-refractivity contribution is 0.108. The Labute approximate surface area is 125 Å². The topological polar surface area (TPSA) is 18.5 Å². The zero-order chi connectivity index (χ0) is 15.2. The van der Waals surface area contributed by atoms with Gasteiger partial charge in [-0.25, -0.2) is 4.39 Å². The maximum absolute atomic E-state index is 14.5. The van der Waals surface area contributed by atoms with Crippen molar-refractivity contribution < 1.29 is 13.9 Å². The minimum atomic E-state index is -0.315. The van der Waals surface area contributed by atoms with E-state index in [0.29, 0.717) is 25.4 Å². The molecule has 0 amide bonds. The summed E-state index contributed by atoms with van der Waals surface area (Å²) in [6, 6.07) is 12.5. The highest BCUT2D eigenvalue weighted by molar-refractivity contribution is 5.71. The van der Waals surface area contributed by atoms with Crippen LogP contribution in [0.1, 0.15) is 18.1 Å². The molecule has 0 aliphatic rings. The Hall–Kier alpha value is -1.87. The van der Waals surface area contributed by atoms with Crippen LogP contribution < -0.4 is 4.74 Å². The molecule has 0 bridgehead atoms. The molecule has 0 saturated heterocycles. The van der Waals surface area contributed by atoms with Crippen LogP contribution in [0.25, 0.3) is 11.1 Å². The number of hydrogen-bond acceptors (Lipinski definition) is 2. The zero-order valence-electron chi connectivity index (χ0n) is 12.7. The monoisotopic (exact) mass is 287 g/mol. The Kier molecular flexibility index (Phi) is 5.34. The second-order valence-electron chi connectivity index (χ2n) is 4.83. The van der Waals surface area contributed by atoms with E-state index in [1.807, 2.05) is 38.1 Å². The summed E-state index contributed by atoms with van der Waals surface area (Å²) in [4.78, 5) is 0. The summed E-state index contributed by atoms with van der Waals surface area (Å²) < 4.78 is 25.1. The molecule has 0 heterocycles. The van der Waals surface area contributed by atoms with Gasteiger partial charge in [0.25, 0.3) is 0 Å². The first-order chi connectivity index (χ1) is 10.1. The van der Waals surface area contributed by atoms with Gasteiger partial charge in [0.1, 0.15) is 6.61 Å². The van der Waals surface area contributed by atoms with Gasteiger partial charge in [0.15, 0.2) is 11.6 Å². The normalized spacial score (nSPS) is 10.7. The van der Waals surface area contributed by atoms with Crippen LogP contribution in [0.2, 0.25) is 0 Å². The molecular weight excluding hydrogens is 267 g/mol. The van der Waals surface area contributed by atoms with Crippen LogP contribution in [0.3, 0.4) is 0 Å². The van der Waals surface area contributed by atoms with Gasteiger partial charge in [-0.3, -0.25) is 0 Å². The van der Waals surface area contributed by atoms with E-state index < -0.39 is 0 Å². The zero-order valence-corrected chi connectivity index (χ0v) is 12.7. The summed E-state index contributed by atoms with van der Waals surface area (Å²) in [5.41, 5.74) is 3.34. The van der Waals surface area contributed by atoms with Gasteiger partial charge in [0.05, 0.1) is 6.61 Å². The minimum absolute atomic E-state index is 0.282. The number of benzene rings is 2. The molecule has 0 atom stereocenters. The van der Waals surface area contributed by atoms with E-state index in [2.05, 4.69) is 6.07 Å². The lowest BCUT2D eigenvalue weighted by atomic mass is 9.95. The molecule has 0 spiro atoms. The second-order valence-corrected chi connectivity index (χ2v) is 4.83. The van der Waals surface area contributed by atoms with Crippen LogP contribution in [-0.4, -0.2) is 19.8 Å². The fraction of sp³-hybridized carbons (Fsp3) is 0.333. The van der Waals surface area contributed by atoms with Crippen LogP contribution in [-0.2, 0) is 4.74 Å². The Morgan fingerprint density at radius 1 is 1.19 bits per heavy atom. The number of aryl methyl sites for hydroxylation is 1. The second kappa shape index (κ2) is 7.23. The third-order valence-corrected chi connectivity index (χ3v) is 3.33. The molecule has 111 valence electrons. The van der Waals surface area contributed by atoms with Gasteiger partial charge < -0.3 is 9.47 Å². The van der Waals surface area contributed by atoms with E-state index in [9.17, 15) is 4.39 Å². The van der Waals surface area contributed by atoms with E-state index in [1.54, 1.807) is 13.0 Å². The standard InChI is InChI=1S/C18H20FO2/c1-4-20-10-11-21-16-12-13(2)17(14(3)18(16)19)15-8-6-5-7-9-15/h5-8,12H,4,10-11H2,1-3H3. The highest BCUT2D eigenvalue weighted by Crippen LogP contribution is 2.33. The number of ether oxygens (including phenoxy) is 2. The maximum Gasteiger partial charge on any atom is 0.168 e. The molecule has 0 fully saturated rings. The van der Waals surface area contributed by atoms with Gasteiger partial charge in [-0.05, 0) is 55.2 Å². The molecule has 2 nitrogen and oxygen atoms in total. The predicted octanol–water partition coefficient (Wildman–Crippen LogP) is 4.33. The van der Waals surface area contributed by atoms with E-state index in [4.69, 9.17) is 9.47 Å². The third kappa shape index (κ3) is 3.61. The van der Waals surface area contributed by atoms with Gasteiger partial charge >= 0.3 is 0 Å². The molecule has 2 aromatic carbocycles. The number of halogens is 1. The minimum Gasteiger partial charge on any atom is -0.488 e. The molecule has 0 aliphatic carbocycles. The summed E-state index contributed by atoms with van der Waals surface area (Å²) in [6.07, 6.45) is 0. The Bertz CT molecular complexity index is 594. The van der Waals surface area contributed by atoms with Crippen molar-refractivity contribution in [3.8, 4) is 16.9 Å². The van der Waals surface area contributed by atoms with Gasteiger partial charge in [-0.2, -0.15) is 0 Å². The molecule has 0 saturated carbocycles. The van der Waals surface area contributed by atoms with E-state index in [1.165, 1.54) is 0 Å². The summed E-state index contributed by atoms with van der Waals surface area (Å²) in [6.45, 7) is 7.08. The third-order valence-electron chi connectivity index (χ3n) is 3.33. The average Bonchev–Trinajstić information content (AvgIpc) is 2.49. The van der Waals surface area contributed by atoms with Crippen molar-refractivity contribution >= 4 is 0 Å². The van der Waals surface area contributed by atoms with Crippen molar-refractivity contribution in [2.75, 3.05) is 19.8 Å². The SMILES string of the molecule is CCOCCOc1cc(C)c(-c2[c]cccc2)c(C)c1F. The molecular formula is C18H20FO2. The lowest BCUT2D eigenvalue weighted by Crippen LogP contribution is -2.08. The molecule has 3 heteroatoms. The summed E-state index contributed by atoms with van der Waals surface area (Å²) in [5.74, 6) is -0.0336. The lowest BCUT2D eigenvalue weighted by Gasteiger charge is -2.15. The van der Waals surface area contributed by atoms with Gasteiger partial charge in [0.2, 0.25) is 0 Å². The summed E-state index contributed by atoms with van der Waals surface area (Å²) in [7, 11) is 0. The molecule has 0 N–H and O–H groups in total. The van der Waals surface area contributed by atoms with Crippen molar-refractivity contribution in [3.05, 3.63) is 53.3 Å². The van der Waals surface area contributed by atoms with Crippen LogP contribution in [0.5, 0.6) is 5.75 Å². The number of rotatable bonds is 6. The first-order valence-electron chi connectivity index (χ1n) is 7.12. The van der Waals surface area contributed by atoms with Crippen LogP contribution in [0.4, 0.5) is 4.39 Å². The average molecular weight is 287 g/mol. The van der Waals surface area contributed by atoms with Gasteiger partial charge in [0, 0.05) is 6.61 Å². The predicted molar refractivity (Wildman–Crippen MR) is 82.1 cm³/mol. The van der Waals surface area contributed by atoms with Gasteiger partial charge in [-0.15, -0.1) is 0 Å². The van der Waals surface area contributed by atoms with Crippen LogP contribution >= 0.6 is 0 Å². The maximum atomic E-state index is 14.5. The molecule has 0 aromatic heterocycles. The van der Waals surface area contributed by atoms with Crippen LogP contribution in [0, 0.1) is 25.7 Å². The summed E-state index contributed by atoms with van der Waals surface area (Å²) in [5, 5.41) is 0. The Morgan fingerprint density at radius 2 is 2.00 bits per heavy atom. The molecule has 0 unspecified atom stereocenters.